The predicted molar refractivity (Wildman–Crippen MR) is 75.6 cm³/mol. The molecule has 1 N–H and O–H groups in total. The Hall–Kier alpha value is -0.100. The van der Waals surface area contributed by atoms with Crippen LogP contribution in [0.15, 0.2) is 0 Å². The molecule has 0 radical (unpaired) electrons. The molecule has 0 aromatic carbocycles. The molecule has 0 aliphatic heterocycles. The highest BCUT2D eigenvalue weighted by Crippen LogP contribution is 2.16. The topological polar surface area (TPSA) is 23.5 Å². The average molecular weight is 280 g/mol. The number of halogens is 2. The summed E-state index contributed by atoms with van der Waals surface area (Å²) < 4.78 is 0. The van der Waals surface area contributed by atoms with Gasteiger partial charge in [0.15, 0.2) is 0 Å². The zero-order valence-electron chi connectivity index (χ0n) is 10.8. The average Bonchev–Trinajstić information content (AvgIpc) is 2.27. The Balaban J connectivity index is 4.12. The van der Waals surface area contributed by atoms with E-state index in [0.717, 1.165) is 19.3 Å². The summed E-state index contributed by atoms with van der Waals surface area (Å²) in [4.78, 5) is 1.90. The minimum Gasteiger partial charge on any atom is -0.389 e. The highest BCUT2D eigenvalue weighted by molar-refractivity contribution is 6.18. The van der Waals surface area contributed by atoms with Gasteiger partial charge in [-0.2, -0.15) is 0 Å². The summed E-state index contributed by atoms with van der Waals surface area (Å²) in [6.45, 7) is 5.37. The fourth-order valence-corrected chi connectivity index (χ4v) is 1.82. The summed E-state index contributed by atoms with van der Waals surface area (Å²) in [5.74, 6) is 4.09. The van der Waals surface area contributed by atoms with E-state index >= 15 is 0 Å². The molecule has 0 saturated carbocycles. The first-order chi connectivity index (χ1) is 8.05. The lowest BCUT2D eigenvalue weighted by atomic mass is 9.96. The Morgan fingerprint density at radius 2 is 1.82 bits per heavy atom. The van der Waals surface area contributed by atoms with E-state index in [1.54, 1.807) is 0 Å². The summed E-state index contributed by atoms with van der Waals surface area (Å²) >= 11 is 11.3. The van der Waals surface area contributed by atoms with E-state index in [1.807, 2.05) is 11.8 Å². The molecule has 0 aliphatic carbocycles. The fraction of sp³-hybridized carbons (Fsp3) is 0.846. The number of hydrogen-bond acceptors (Lipinski definition) is 2. The zero-order chi connectivity index (χ0) is 13.1. The molecule has 0 saturated heterocycles. The maximum atomic E-state index is 10.0. The molecular formula is C13H23Cl2NO. The molecular weight excluding hydrogens is 257 g/mol. The zero-order valence-corrected chi connectivity index (χ0v) is 12.3. The van der Waals surface area contributed by atoms with Gasteiger partial charge in [-0.25, -0.2) is 0 Å². The number of hydrogen-bond donors (Lipinski definition) is 1. The third-order valence-electron chi connectivity index (χ3n) is 2.48. The normalized spacial score (nSPS) is 13.7. The molecule has 17 heavy (non-hydrogen) atoms. The summed E-state index contributed by atoms with van der Waals surface area (Å²) in [6.07, 6.45) is 3.41. The Kier molecular flexibility index (Phi) is 9.82. The van der Waals surface area contributed by atoms with Crippen molar-refractivity contribution in [3.63, 3.8) is 0 Å². The van der Waals surface area contributed by atoms with Gasteiger partial charge < -0.3 is 10.0 Å². The molecule has 0 fully saturated rings. The van der Waals surface area contributed by atoms with Gasteiger partial charge in [-0.1, -0.05) is 25.7 Å². The van der Waals surface area contributed by atoms with Crippen LogP contribution in [-0.2, 0) is 0 Å². The van der Waals surface area contributed by atoms with E-state index in [-0.39, 0.29) is 0 Å². The second-order valence-electron chi connectivity index (χ2n) is 4.43. The molecule has 0 amide bonds. The van der Waals surface area contributed by atoms with Crippen LogP contribution in [0.2, 0.25) is 0 Å². The summed E-state index contributed by atoms with van der Waals surface area (Å²) in [7, 11) is 0. The number of alkyl halides is 2. The van der Waals surface area contributed by atoms with Crippen LogP contribution in [0.25, 0.3) is 0 Å². The van der Waals surface area contributed by atoms with Gasteiger partial charge in [-0.15, -0.1) is 23.2 Å². The molecule has 0 aromatic rings. The van der Waals surface area contributed by atoms with Crippen molar-refractivity contribution in [2.75, 3.05) is 24.8 Å². The highest BCUT2D eigenvalue weighted by atomic mass is 35.5. The van der Waals surface area contributed by atoms with Crippen molar-refractivity contribution >= 4 is 23.2 Å². The minimum absolute atomic E-state index is 0.494. The van der Waals surface area contributed by atoms with Crippen LogP contribution in [-0.4, -0.2) is 40.5 Å². The van der Waals surface area contributed by atoms with Gasteiger partial charge in [0.2, 0.25) is 0 Å². The van der Waals surface area contributed by atoms with Gasteiger partial charge in [-0.05, 0) is 13.3 Å². The van der Waals surface area contributed by atoms with Gasteiger partial charge >= 0.3 is 0 Å². The van der Waals surface area contributed by atoms with Crippen molar-refractivity contribution in [1.29, 1.82) is 0 Å². The highest BCUT2D eigenvalue weighted by Gasteiger charge is 2.17. The predicted octanol–water partition coefficient (Wildman–Crippen LogP) is 3.06. The van der Waals surface area contributed by atoms with Crippen molar-refractivity contribution in [3.8, 4) is 12.0 Å². The lowest BCUT2D eigenvalue weighted by Crippen LogP contribution is -2.25. The maximum Gasteiger partial charge on any atom is 0.0729 e. The number of nitrogens with zero attached hydrogens (tertiary/aromatic N) is 1. The number of rotatable bonds is 8. The molecule has 2 nitrogen and oxygen atoms in total. The Morgan fingerprint density at radius 1 is 1.24 bits per heavy atom. The smallest absolute Gasteiger partial charge is 0.0729 e. The van der Waals surface area contributed by atoms with Gasteiger partial charge in [-0.3, -0.25) is 0 Å². The van der Waals surface area contributed by atoms with Gasteiger partial charge in [0.1, 0.15) is 0 Å². The van der Waals surface area contributed by atoms with E-state index < -0.39 is 5.60 Å². The minimum atomic E-state index is -0.684. The molecule has 0 heterocycles. The van der Waals surface area contributed by atoms with Crippen LogP contribution < -0.4 is 0 Å². The SMILES string of the molecule is CCCCC(C)(O)CC#CN(CCCl)CCCl. The fourth-order valence-electron chi connectivity index (χ4n) is 1.42. The maximum absolute atomic E-state index is 10.0. The third kappa shape index (κ3) is 9.59. The standard InChI is InChI=1S/C13H23Cl2NO/c1-3-4-6-13(2,17)7-5-10-16(11-8-14)12-9-15/h17H,3-4,6-9,11-12H2,1-2H3. The van der Waals surface area contributed by atoms with Crippen LogP contribution in [0, 0.1) is 12.0 Å². The van der Waals surface area contributed by atoms with Gasteiger partial charge in [0.05, 0.1) is 5.60 Å². The van der Waals surface area contributed by atoms with Crippen molar-refractivity contribution in [1.82, 2.24) is 4.90 Å². The van der Waals surface area contributed by atoms with Crippen molar-refractivity contribution < 1.29 is 5.11 Å². The quantitative estimate of drug-likeness (QED) is 0.419. The molecule has 100 valence electrons. The molecule has 1 unspecified atom stereocenters. The summed E-state index contributed by atoms with van der Waals surface area (Å²) in [5.41, 5.74) is -0.684. The lowest BCUT2D eigenvalue weighted by molar-refractivity contribution is 0.0538. The van der Waals surface area contributed by atoms with Crippen LogP contribution in [0.1, 0.15) is 39.5 Å². The van der Waals surface area contributed by atoms with E-state index in [9.17, 15) is 5.11 Å². The first kappa shape index (κ1) is 16.9. The van der Waals surface area contributed by atoms with E-state index in [1.165, 1.54) is 0 Å². The van der Waals surface area contributed by atoms with Crippen molar-refractivity contribution in [3.05, 3.63) is 0 Å². The summed E-state index contributed by atoms with van der Waals surface area (Å²) in [6, 6.07) is 3.01. The third-order valence-corrected chi connectivity index (χ3v) is 2.82. The molecule has 0 spiro atoms. The van der Waals surface area contributed by atoms with Gasteiger partial charge in [0.25, 0.3) is 0 Å². The van der Waals surface area contributed by atoms with E-state index in [0.29, 0.717) is 31.3 Å². The Labute approximate surface area is 115 Å². The van der Waals surface area contributed by atoms with Crippen molar-refractivity contribution in [2.45, 2.75) is 45.1 Å². The van der Waals surface area contributed by atoms with Gasteiger partial charge in [0, 0.05) is 37.3 Å². The largest absolute Gasteiger partial charge is 0.389 e. The number of aliphatic hydroxyl groups is 1. The molecule has 0 bridgehead atoms. The monoisotopic (exact) mass is 279 g/mol. The second kappa shape index (κ2) is 9.88. The first-order valence-corrected chi connectivity index (χ1v) is 7.20. The lowest BCUT2D eigenvalue weighted by Gasteiger charge is -2.20. The van der Waals surface area contributed by atoms with E-state index in [2.05, 4.69) is 18.9 Å². The second-order valence-corrected chi connectivity index (χ2v) is 5.19. The van der Waals surface area contributed by atoms with Crippen LogP contribution in [0.5, 0.6) is 0 Å². The number of unbranched alkanes of at least 4 members (excludes halogenated alkanes) is 1. The van der Waals surface area contributed by atoms with Crippen molar-refractivity contribution in [2.24, 2.45) is 0 Å². The van der Waals surface area contributed by atoms with Crippen LogP contribution >= 0.6 is 23.2 Å². The molecule has 1 atom stereocenters. The van der Waals surface area contributed by atoms with E-state index in [4.69, 9.17) is 23.2 Å². The molecule has 0 rings (SSSR count). The first-order valence-electron chi connectivity index (χ1n) is 6.13. The van der Waals surface area contributed by atoms with Crippen LogP contribution in [0.4, 0.5) is 0 Å². The summed E-state index contributed by atoms with van der Waals surface area (Å²) in [5, 5.41) is 10.0. The Bertz CT molecular complexity index is 240. The molecule has 4 heteroatoms. The Morgan fingerprint density at radius 3 is 2.29 bits per heavy atom. The van der Waals surface area contributed by atoms with Crippen LogP contribution in [0.3, 0.4) is 0 Å². The molecule has 0 aromatic heterocycles. The molecule has 0 aliphatic rings.